The first-order valence-electron chi connectivity index (χ1n) is 3.40. The summed E-state index contributed by atoms with van der Waals surface area (Å²) in [5.74, 6) is 0.239. The normalized spacial score (nSPS) is 9.33. The number of benzene rings is 1. The van der Waals surface area contributed by atoms with Crippen LogP contribution in [0.15, 0.2) is 36.5 Å². The predicted octanol–water partition coefficient (Wildman–Crippen LogP) is 1.94. The van der Waals surface area contributed by atoms with Gasteiger partial charge in [-0.1, -0.05) is 18.2 Å². The third-order valence-electron chi connectivity index (χ3n) is 1.61. The van der Waals surface area contributed by atoms with Gasteiger partial charge in [-0.3, -0.25) is 4.98 Å². The van der Waals surface area contributed by atoms with Crippen LogP contribution >= 0.6 is 0 Å². The van der Waals surface area contributed by atoms with Crippen molar-refractivity contribution in [2.45, 2.75) is 0 Å². The number of phenolic OH excluding ortho intramolecular Hbond substituents is 1. The van der Waals surface area contributed by atoms with Gasteiger partial charge in [0, 0.05) is 11.6 Å². The van der Waals surface area contributed by atoms with Crippen LogP contribution in [0.2, 0.25) is 0 Å². The van der Waals surface area contributed by atoms with E-state index in [1.165, 1.54) is 0 Å². The first kappa shape index (κ1) is 9.04. The minimum atomic E-state index is 0. The Hall–Kier alpha value is -1.05. The molecule has 0 aliphatic heterocycles. The van der Waals surface area contributed by atoms with Gasteiger partial charge < -0.3 is 5.11 Å². The van der Waals surface area contributed by atoms with Crippen LogP contribution in [-0.2, 0) is 17.1 Å². The Labute approximate surface area is 80.7 Å². The number of fused-ring (bicyclic) bond motifs is 1. The molecule has 0 saturated carbocycles. The van der Waals surface area contributed by atoms with E-state index in [0.717, 1.165) is 5.39 Å². The molecule has 12 heavy (non-hydrogen) atoms. The van der Waals surface area contributed by atoms with E-state index >= 15 is 0 Å². The molecule has 0 spiro atoms. The van der Waals surface area contributed by atoms with Crippen LogP contribution in [0.3, 0.4) is 0 Å². The number of phenols is 1. The summed E-state index contributed by atoms with van der Waals surface area (Å²) in [6.45, 7) is 0. The Bertz CT molecular complexity index is 384. The van der Waals surface area contributed by atoms with Gasteiger partial charge in [-0.25, -0.2) is 0 Å². The van der Waals surface area contributed by atoms with E-state index in [9.17, 15) is 5.11 Å². The van der Waals surface area contributed by atoms with Crippen molar-refractivity contribution < 1.29 is 22.2 Å². The van der Waals surface area contributed by atoms with Gasteiger partial charge in [0.25, 0.3) is 0 Å². The second kappa shape index (κ2) is 3.57. The standard InChI is InChI=1S/C9H7NO.Fe/c11-8-5-1-3-7-4-2-6-10-9(7)8;/h1-6,11H;/q;+3. The number of rotatable bonds is 0. The van der Waals surface area contributed by atoms with Crippen LogP contribution in [-0.4, -0.2) is 10.1 Å². The van der Waals surface area contributed by atoms with E-state index in [1.54, 1.807) is 18.3 Å². The molecule has 2 rings (SSSR count). The van der Waals surface area contributed by atoms with Crippen LogP contribution in [0, 0.1) is 0 Å². The van der Waals surface area contributed by atoms with Gasteiger partial charge in [-0.2, -0.15) is 0 Å². The Morgan fingerprint density at radius 3 is 2.58 bits per heavy atom. The number of nitrogens with zero attached hydrogens (tertiary/aromatic N) is 1. The Morgan fingerprint density at radius 2 is 1.83 bits per heavy atom. The number of aromatic nitrogens is 1. The summed E-state index contributed by atoms with van der Waals surface area (Å²) < 4.78 is 0. The quantitative estimate of drug-likeness (QED) is 0.660. The van der Waals surface area contributed by atoms with Gasteiger partial charge in [0.05, 0.1) is 0 Å². The van der Waals surface area contributed by atoms with Crippen LogP contribution in [0.4, 0.5) is 0 Å². The Morgan fingerprint density at radius 1 is 1.08 bits per heavy atom. The first-order valence-corrected chi connectivity index (χ1v) is 3.40. The third-order valence-corrected chi connectivity index (χ3v) is 1.61. The summed E-state index contributed by atoms with van der Waals surface area (Å²) in [6.07, 6.45) is 1.67. The molecule has 1 radical (unpaired) electrons. The van der Waals surface area contributed by atoms with Crippen molar-refractivity contribution in [3.63, 3.8) is 0 Å². The van der Waals surface area contributed by atoms with Crippen molar-refractivity contribution in [2.75, 3.05) is 0 Å². The second-order valence-corrected chi connectivity index (χ2v) is 2.35. The maximum atomic E-state index is 9.31. The van der Waals surface area contributed by atoms with E-state index in [2.05, 4.69) is 4.98 Å². The molecule has 0 aliphatic rings. The van der Waals surface area contributed by atoms with Gasteiger partial charge in [-0.05, 0) is 12.1 Å². The van der Waals surface area contributed by atoms with E-state index < -0.39 is 0 Å². The number of hydrogen-bond acceptors (Lipinski definition) is 2. The second-order valence-electron chi connectivity index (χ2n) is 2.35. The molecule has 2 nitrogen and oxygen atoms in total. The predicted molar refractivity (Wildman–Crippen MR) is 43.4 cm³/mol. The zero-order chi connectivity index (χ0) is 7.68. The fourth-order valence-electron chi connectivity index (χ4n) is 1.09. The molecule has 1 aromatic heterocycles. The Balaban J connectivity index is 0.000000720. The van der Waals surface area contributed by atoms with Crippen molar-refractivity contribution in [1.29, 1.82) is 0 Å². The summed E-state index contributed by atoms with van der Waals surface area (Å²) in [5, 5.41) is 10.3. The molecule has 0 unspecified atom stereocenters. The monoisotopic (exact) mass is 201 g/mol. The molecular formula is C9H7FeNO+3. The molecule has 59 valence electrons. The molecule has 0 atom stereocenters. The van der Waals surface area contributed by atoms with E-state index in [1.807, 2.05) is 18.2 Å². The van der Waals surface area contributed by atoms with Crippen molar-refractivity contribution >= 4 is 10.9 Å². The van der Waals surface area contributed by atoms with Crippen molar-refractivity contribution in [2.24, 2.45) is 0 Å². The third kappa shape index (κ3) is 1.42. The number of pyridine rings is 1. The maximum absolute atomic E-state index is 9.31. The summed E-state index contributed by atoms with van der Waals surface area (Å²) in [7, 11) is 0. The smallest absolute Gasteiger partial charge is 0.506 e. The van der Waals surface area contributed by atoms with Gasteiger partial charge in [0.2, 0.25) is 0 Å². The van der Waals surface area contributed by atoms with Crippen molar-refractivity contribution in [3.05, 3.63) is 36.5 Å². The van der Waals surface area contributed by atoms with Crippen LogP contribution in [0.1, 0.15) is 0 Å². The average molecular weight is 201 g/mol. The van der Waals surface area contributed by atoms with Gasteiger partial charge >= 0.3 is 17.1 Å². The molecule has 0 bridgehead atoms. The molecule has 0 aliphatic carbocycles. The van der Waals surface area contributed by atoms with Crippen LogP contribution in [0.5, 0.6) is 5.75 Å². The van der Waals surface area contributed by atoms with Crippen molar-refractivity contribution in [1.82, 2.24) is 4.98 Å². The first-order chi connectivity index (χ1) is 5.38. The maximum Gasteiger partial charge on any atom is 3.00 e. The molecule has 0 saturated heterocycles. The van der Waals surface area contributed by atoms with Gasteiger partial charge in [0.1, 0.15) is 11.3 Å². The van der Waals surface area contributed by atoms with Crippen LogP contribution in [0.25, 0.3) is 10.9 Å². The molecular weight excluding hydrogens is 194 g/mol. The number of hydrogen-bond donors (Lipinski definition) is 1. The molecule has 1 N–H and O–H groups in total. The van der Waals surface area contributed by atoms with Crippen LogP contribution < -0.4 is 0 Å². The average Bonchev–Trinajstić information content (AvgIpc) is 2.06. The number of aromatic hydroxyl groups is 1. The van der Waals surface area contributed by atoms with E-state index in [0.29, 0.717) is 5.52 Å². The molecule has 0 amide bonds. The van der Waals surface area contributed by atoms with Gasteiger partial charge in [0.15, 0.2) is 0 Å². The largest absolute Gasteiger partial charge is 3.00 e. The summed E-state index contributed by atoms with van der Waals surface area (Å²) in [4.78, 5) is 4.03. The minimum absolute atomic E-state index is 0. The van der Waals surface area contributed by atoms with E-state index in [-0.39, 0.29) is 22.8 Å². The SMILES string of the molecule is Oc1cccc2cccnc12.[Fe+3]. The van der Waals surface area contributed by atoms with Crippen molar-refractivity contribution in [3.8, 4) is 5.75 Å². The van der Waals surface area contributed by atoms with Gasteiger partial charge in [-0.15, -0.1) is 0 Å². The molecule has 1 heterocycles. The fourth-order valence-corrected chi connectivity index (χ4v) is 1.09. The summed E-state index contributed by atoms with van der Waals surface area (Å²) >= 11 is 0. The molecule has 3 heteroatoms. The molecule has 2 aromatic rings. The van der Waals surface area contributed by atoms with E-state index in [4.69, 9.17) is 0 Å². The zero-order valence-corrected chi connectivity index (χ0v) is 7.32. The zero-order valence-electron chi connectivity index (χ0n) is 6.21. The summed E-state index contributed by atoms with van der Waals surface area (Å²) in [5.41, 5.74) is 0.662. The molecule has 0 fully saturated rings. The fraction of sp³-hybridized carbons (Fsp3) is 0. The summed E-state index contributed by atoms with van der Waals surface area (Å²) in [6, 6.07) is 9.13. The molecule has 1 aromatic carbocycles. The Kier molecular flexibility index (Phi) is 2.69. The number of para-hydroxylation sites is 1. The minimum Gasteiger partial charge on any atom is -0.506 e. The topological polar surface area (TPSA) is 33.1 Å².